The van der Waals surface area contributed by atoms with E-state index >= 15 is 0 Å². The molecule has 0 fully saturated rings. The number of aromatic nitrogens is 3. The van der Waals surface area contributed by atoms with Gasteiger partial charge in [0.15, 0.2) is 5.69 Å². The van der Waals surface area contributed by atoms with Crippen LogP contribution in [0.25, 0.3) is 11.3 Å². The lowest BCUT2D eigenvalue weighted by molar-refractivity contribution is -0.118. The zero-order valence-corrected chi connectivity index (χ0v) is 20.4. The van der Waals surface area contributed by atoms with Crippen LogP contribution >= 0.6 is 11.8 Å². The smallest absolute Gasteiger partial charge is 0.247 e. The Balaban J connectivity index is 1.90. The number of carbonyl (C=O) groups is 1. The van der Waals surface area contributed by atoms with Gasteiger partial charge in [-0.25, -0.2) is 0 Å². The lowest BCUT2D eigenvalue weighted by atomic mass is 10.00. The second kappa shape index (κ2) is 9.79. The van der Waals surface area contributed by atoms with E-state index < -0.39 is 6.23 Å². The first-order chi connectivity index (χ1) is 15.9. The lowest BCUT2D eigenvalue weighted by Crippen LogP contribution is -2.36. The topological polar surface area (TPSA) is 77.4 Å². The number of nitrogens with zero attached hydrogens (tertiary/aromatic N) is 4. The summed E-state index contributed by atoms with van der Waals surface area (Å²) in [6.45, 7) is 7.71. The molecule has 0 spiro atoms. The molecule has 0 unspecified atom stereocenters. The van der Waals surface area contributed by atoms with Gasteiger partial charge in [0.1, 0.15) is 5.75 Å². The number of hydrogen-bond donors (Lipinski definition) is 0. The van der Waals surface area contributed by atoms with Crippen LogP contribution in [-0.2, 0) is 4.79 Å². The summed E-state index contributed by atoms with van der Waals surface area (Å²) in [7, 11) is 1.62. The average molecular weight is 465 g/mol. The monoisotopic (exact) mass is 464 g/mol. The van der Waals surface area contributed by atoms with Crippen LogP contribution in [0.1, 0.15) is 49.6 Å². The van der Waals surface area contributed by atoms with Gasteiger partial charge in [0, 0.05) is 23.8 Å². The summed E-state index contributed by atoms with van der Waals surface area (Å²) in [5, 5.41) is 9.44. The van der Waals surface area contributed by atoms with Crippen molar-refractivity contribution in [2.45, 2.75) is 51.9 Å². The van der Waals surface area contributed by atoms with E-state index in [-0.39, 0.29) is 5.91 Å². The summed E-state index contributed by atoms with van der Waals surface area (Å²) >= 11 is 1.56. The van der Waals surface area contributed by atoms with Gasteiger partial charge in [0.25, 0.3) is 0 Å². The van der Waals surface area contributed by atoms with E-state index in [9.17, 15) is 4.79 Å². The molecule has 3 aromatic rings. The second-order valence-corrected chi connectivity index (χ2v) is 9.12. The fourth-order valence-corrected chi connectivity index (χ4v) is 4.82. The Morgan fingerprint density at radius 1 is 1.18 bits per heavy atom. The van der Waals surface area contributed by atoms with Gasteiger partial charge in [-0.2, -0.15) is 4.98 Å². The molecular formula is C25H28N4O3S. The molecule has 2 heterocycles. The van der Waals surface area contributed by atoms with Crippen molar-refractivity contribution in [3.8, 4) is 22.9 Å². The summed E-state index contributed by atoms with van der Waals surface area (Å²) in [5.41, 5.74) is 4.92. The number of rotatable bonds is 6. The Morgan fingerprint density at radius 2 is 1.94 bits per heavy atom. The molecule has 1 aliphatic rings. The predicted octanol–water partition coefficient (Wildman–Crippen LogP) is 5.50. The number of ether oxygens (including phenoxy) is 2. The minimum Gasteiger partial charge on any atom is -0.497 e. The van der Waals surface area contributed by atoms with Crippen molar-refractivity contribution >= 4 is 23.4 Å². The molecule has 4 rings (SSSR count). The van der Waals surface area contributed by atoms with Gasteiger partial charge in [0.2, 0.25) is 23.2 Å². The number of methoxy groups -OCH3 is 1. The molecule has 172 valence electrons. The van der Waals surface area contributed by atoms with E-state index in [2.05, 4.69) is 23.2 Å². The first-order valence-corrected chi connectivity index (χ1v) is 12.0. The predicted molar refractivity (Wildman–Crippen MR) is 130 cm³/mol. The zero-order valence-electron chi connectivity index (χ0n) is 19.6. The van der Waals surface area contributed by atoms with Crippen molar-refractivity contribution < 1.29 is 14.3 Å². The van der Waals surface area contributed by atoms with Gasteiger partial charge in [-0.15, -0.1) is 10.2 Å². The number of anilines is 1. The third-order valence-electron chi connectivity index (χ3n) is 5.50. The molecule has 0 saturated heterocycles. The number of hydrogen-bond acceptors (Lipinski definition) is 7. The molecule has 0 radical (unpaired) electrons. The SMILES string of the molecule is CCCCSc1nnc2c(n1)O[C@H](c1ccc(OC)cc1)N(C(C)=O)c1c(C)cc(C)cc1-2. The van der Waals surface area contributed by atoms with Gasteiger partial charge >= 0.3 is 0 Å². The largest absolute Gasteiger partial charge is 0.497 e. The van der Waals surface area contributed by atoms with Gasteiger partial charge < -0.3 is 9.47 Å². The molecule has 0 saturated carbocycles. The van der Waals surface area contributed by atoms with Crippen molar-refractivity contribution in [2.75, 3.05) is 17.8 Å². The molecule has 8 heteroatoms. The summed E-state index contributed by atoms with van der Waals surface area (Å²) in [5.74, 6) is 1.88. The van der Waals surface area contributed by atoms with Gasteiger partial charge in [0.05, 0.1) is 12.8 Å². The van der Waals surface area contributed by atoms with E-state index in [0.29, 0.717) is 16.7 Å². The summed E-state index contributed by atoms with van der Waals surface area (Å²) in [6.07, 6.45) is 1.46. The van der Waals surface area contributed by atoms with Crippen LogP contribution in [0, 0.1) is 13.8 Å². The van der Waals surface area contributed by atoms with E-state index in [4.69, 9.17) is 14.5 Å². The van der Waals surface area contributed by atoms with Crippen molar-refractivity contribution in [3.05, 3.63) is 53.1 Å². The number of benzene rings is 2. The van der Waals surface area contributed by atoms with Gasteiger partial charge in [-0.1, -0.05) is 36.7 Å². The van der Waals surface area contributed by atoms with E-state index in [1.165, 1.54) is 0 Å². The van der Waals surface area contributed by atoms with E-state index in [1.54, 1.807) is 30.7 Å². The molecule has 1 aromatic heterocycles. The normalized spacial score (nSPS) is 14.7. The maximum Gasteiger partial charge on any atom is 0.247 e. The number of amides is 1. The number of fused-ring (bicyclic) bond motifs is 3. The lowest BCUT2D eigenvalue weighted by Gasteiger charge is -2.31. The van der Waals surface area contributed by atoms with E-state index in [1.807, 2.05) is 44.2 Å². The fraction of sp³-hybridized carbons (Fsp3) is 0.360. The Morgan fingerprint density at radius 3 is 2.61 bits per heavy atom. The number of unbranched alkanes of at least 4 members (excludes halogenated alkanes) is 1. The average Bonchev–Trinajstić information content (AvgIpc) is 2.94. The highest BCUT2D eigenvalue weighted by Crippen LogP contribution is 2.45. The quantitative estimate of drug-likeness (QED) is 0.352. The highest BCUT2D eigenvalue weighted by Gasteiger charge is 2.35. The maximum atomic E-state index is 13.0. The number of carbonyl (C=O) groups excluding carboxylic acids is 1. The Hall–Kier alpha value is -3.13. The minimum absolute atomic E-state index is 0.137. The number of thioether (sulfide) groups is 1. The molecule has 0 aliphatic carbocycles. The highest BCUT2D eigenvalue weighted by atomic mass is 32.2. The summed E-state index contributed by atoms with van der Waals surface area (Å²) in [6, 6.07) is 11.6. The van der Waals surface area contributed by atoms with Crippen LogP contribution in [-0.4, -0.2) is 34.0 Å². The molecule has 33 heavy (non-hydrogen) atoms. The first-order valence-electron chi connectivity index (χ1n) is 11.0. The van der Waals surface area contributed by atoms with Crippen LogP contribution in [0.3, 0.4) is 0 Å². The second-order valence-electron chi connectivity index (χ2n) is 8.06. The molecule has 2 aromatic carbocycles. The third kappa shape index (κ3) is 4.66. The third-order valence-corrected chi connectivity index (χ3v) is 6.43. The van der Waals surface area contributed by atoms with Gasteiger partial charge in [-0.05, 0) is 56.2 Å². The molecule has 0 bridgehead atoms. The zero-order chi connectivity index (χ0) is 23.5. The molecular weight excluding hydrogens is 436 g/mol. The maximum absolute atomic E-state index is 13.0. The highest BCUT2D eigenvalue weighted by molar-refractivity contribution is 7.99. The van der Waals surface area contributed by atoms with Crippen LogP contribution in [0.15, 0.2) is 41.6 Å². The molecule has 1 aliphatic heterocycles. The summed E-state index contributed by atoms with van der Waals surface area (Å²) in [4.78, 5) is 19.4. The van der Waals surface area contributed by atoms with Gasteiger partial charge in [-0.3, -0.25) is 9.69 Å². The van der Waals surface area contributed by atoms with Crippen LogP contribution in [0.4, 0.5) is 5.69 Å². The van der Waals surface area contributed by atoms with Crippen molar-refractivity contribution in [1.29, 1.82) is 0 Å². The first kappa shape index (κ1) is 23.0. The Bertz CT molecular complexity index is 1170. The van der Waals surface area contributed by atoms with Crippen LogP contribution in [0.5, 0.6) is 11.6 Å². The van der Waals surface area contributed by atoms with E-state index in [0.717, 1.165) is 52.3 Å². The van der Waals surface area contributed by atoms with Crippen molar-refractivity contribution in [3.63, 3.8) is 0 Å². The molecule has 1 amide bonds. The van der Waals surface area contributed by atoms with Crippen LogP contribution < -0.4 is 14.4 Å². The Kier molecular flexibility index (Phi) is 6.83. The standard InChI is InChI=1S/C25H28N4O3S/c1-6-7-12-33-25-26-23-21(27-28-25)20-14-15(2)13-16(3)22(20)29(17(4)30)24(32-23)18-8-10-19(31-5)11-9-18/h8-11,13-14,24H,6-7,12H2,1-5H3/t24-/m1/s1. The van der Waals surface area contributed by atoms with Crippen LogP contribution in [0.2, 0.25) is 0 Å². The summed E-state index contributed by atoms with van der Waals surface area (Å²) < 4.78 is 11.8. The van der Waals surface area contributed by atoms with Crippen molar-refractivity contribution in [2.24, 2.45) is 0 Å². The van der Waals surface area contributed by atoms with Crippen molar-refractivity contribution in [1.82, 2.24) is 15.2 Å². The molecule has 7 nitrogen and oxygen atoms in total. The Labute approximate surface area is 198 Å². The fourth-order valence-electron chi connectivity index (χ4n) is 3.96. The minimum atomic E-state index is -0.708. The molecule has 1 atom stereocenters. The number of aryl methyl sites for hydroxylation is 2. The molecule has 0 N–H and O–H groups in total.